The van der Waals surface area contributed by atoms with Gasteiger partial charge in [-0.1, -0.05) is 29.3 Å². The normalized spacial score (nSPS) is 14.6. The molecule has 2 aromatic rings. The van der Waals surface area contributed by atoms with Crippen LogP contribution in [0.15, 0.2) is 47.1 Å². The van der Waals surface area contributed by atoms with Crippen molar-refractivity contribution in [2.24, 2.45) is 4.99 Å². The lowest BCUT2D eigenvalue weighted by atomic mass is 10.1. The zero-order valence-electron chi connectivity index (χ0n) is 15.6. The molecule has 7 heteroatoms. The van der Waals surface area contributed by atoms with Crippen molar-refractivity contribution in [3.05, 3.63) is 63.8 Å². The maximum absolute atomic E-state index is 12.2. The van der Waals surface area contributed by atoms with E-state index in [4.69, 9.17) is 25.8 Å². The Morgan fingerprint density at radius 3 is 2.61 bits per heavy atom. The summed E-state index contributed by atoms with van der Waals surface area (Å²) in [4.78, 5) is 27.8. The fraction of sp³-hybridized carbons (Fsp3) is 0.190. The van der Waals surface area contributed by atoms with Gasteiger partial charge >= 0.3 is 11.9 Å². The van der Waals surface area contributed by atoms with Crippen molar-refractivity contribution in [1.29, 1.82) is 0 Å². The van der Waals surface area contributed by atoms with Gasteiger partial charge in [-0.3, -0.25) is 4.79 Å². The van der Waals surface area contributed by atoms with Gasteiger partial charge in [-0.2, -0.15) is 0 Å². The van der Waals surface area contributed by atoms with Gasteiger partial charge in [-0.15, -0.1) is 0 Å². The first kappa shape index (κ1) is 19.6. The molecule has 1 aliphatic rings. The number of rotatable bonds is 5. The highest BCUT2D eigenvalue weighted by molar-refractivity contribution is 6.32. The molecule has 0 spiro atoms. The molecule has 0 bridgehead atoms. The number of halogens is 1. The molecule has 0 N–H and O–H groups in total. The summed E-state index contributed by atoms with van der Waals surface area (Å²) >= 11 is 6.24. The number of nitrogens with zero attached hydrogens (tertiary/aromatic N) is 1. The van der Waals surface area contributed by atoms with Crippen LogP contribution in [0.4, 0.5) is 0 Å². The van der Waals surface area contributed by atoms with Gasteiger partial charge in [0.05, 0.1) is 11.6 Å². The number of carbonyl (C=O) groups is 2. The van der Waals surface area contributed by atoms with E-state index in [-0.39, 0.29) is 22.4 Å². The summed E-state index contributed by atoms with van der Waals surface area (Å²) in [6, 6.07) is 10.7. The molecular weight excluding hydrogens is 382 g/mol. The Kier molecular flexibility index (Phi) is 5.80. The van der Waals surface area contributed by atoms with Gasteiger partial charge in [-0.05, 0) is 49.8 Å². The second-order valence-corrected chi connectivity index (χ2v) is 6.47. The quantitative estimate of drug-likeness (QED) is 0.425. The summed E-state index contributed by atoms with van der Waals surface area (Å²) in [6.07, 6.45) is 1.54. The van der Waals surface area contributed by atoms with Crippen LogP contribution in [0.3, 0.4) is 0 Å². The van der Waals surface area contributed by atoms with E-state index in [0.717, 1.165) is 5.56 Å². The zero-order valence-corrected chi connectivity index (χ0v) is 16.4. The largest absolute Gasteiger partial charge is 0.490 e. The first-order chi connectivity index (χ1) is 13.4. The van der Waals surface area contributed by atoms with Crippen LogP contribution in [-0.4, -0.2) is 24.4 Å². The average Bonchev–Trinajstić information content (AvgIpc) is 2.99. The van der Waals surface area contributed by atoms with Crippen LogP contribution < -0.4 is 9.47 Å². The minimum absolute atomic E-state index is 0.134. The van der Waals surface area contributed by atoms with Crippen molar-refractivity contribution in [3.63, 3.8) is 0 Å². The molecule has 0 amide bonds. The lowest BCUT2D eigenvalue weighted by Crippen LogP contribution is -2.05. The first-order valence-corrected chi connectivity index (χ1v) is 8.99. The standard InChI is InChI=1S/C21H18ClNO5/c1-4-26-18-11-14(9-16(22)19(18)27-13(3)24)10-17-21(25)28-20(23-17)15-7-5-12(2)6-8-15/h5-11H,4H2,1-3H3. The van der Waals surface area contributed by atoms with Gasteiger partial charge in [-0.25, -0.2) is 9.79 Å². The predicted octanol–water partition coefficient (Wildman–Crippen LogP) is 4.32. The summed E-state index contributed by atoms with van der Waals surface area (Å²) in [5.41, 5.74) is 2.50. The smallest absolute Gasteiger partial charge is 0.363 e. The van der Waals surface area contributed by atoms with Gasteiger partial charge in [0.2, 0.25) is 5.90 Å². The second kappa shape index (κ2) is 8.27. The SMILES string of the molecule is CCOc1cc(C=C2N=C(c3ccc(C)cc3)OC2=O)cc(Cl)c1OC(C)=O. The van der Waals surface area contributed by atoms with E-state index in [1.807, 2.05) is 31.2 Å². The molecule has 0 saturated carbocycles. The maximum Gasteiger partial charge on any atom is 0.363 e. The summed E-state index contributed by atoms with van der Waals surface area (Å²) < 4.78 is 15.9. The van der Waals surface area contributed by atoms with Crippen molar-refractivity contribution < 1.29 is 23.8 Å². The van der Waals surface area contributed by atoms with Gasteiger partial charge in [0.25, 0.3) is 0 Å². The molecule has 0 unspecified atom stereocenters. The molecule has 0 saturated heterocycles. The molecule has 0 aromatic heterocycles. The maximum atomic E-state index is 12.2. The summed E-state index contributed by atoms with van der Waals surface area (Å²) in [7, 11) is 0. The molecule has 1 aliphatic heterocycles. The topological polar surface area (TPSA) is 74.2 Å². The van der Waals surface area contributed by atoms with E-state index in [1.54, 1.807) is 19.1 Å². The molecule has 1 heterocycles. The predicted molar refractivity (Wildman–Crippen MR) is 106 cm³/mol. The van der Waals surface area contributed by atoms with Crippen LogP contribution in [0.1, 0.15) is 30.5 Å². The molecule has 2 aromatic carbocycles. The molecule has 0 atom stereocenters. The molecule has 0 fully saturated rings. The number of benzene rings is 2. The average molecular weight is 400 g/mol. The van der Waals surface area contributed by atoms with E-state index in [1.165, 1.54) is 13.0 Å². The number of carbonyl (C=O) groups excluding carboxylic acids is 2. The molecule has 144 valence electrons. The molecule has 28 heavy (non-hydrogen) atoms. The van der Waals surface area contributed by atoms with Gasteiger partial charge in [0, 0.05) is 12.5 Å². The highest BCUT2D eigenvalue weighted by Crippen LogP contribution is 2.37. The Morgan fingerprint density at radius 1 is 1.25 bits per heavy atom. The third-order valence-electron chi connectivity index (χ3n) is 3.80. The van der Waals surface area contributed by atoms with E-state index < -0.39 is 11.9 Å². The molecule has 6 nitrogen and oxygen atoms in total. The lowest BCUT2D eigenvalue weighted by Gasteiger charge is -2.12. The first-order valence-electron chi connectivity index (χ1n) is 8.61. The van der Waals surface area contributed by atoms with Crippen molar-refractivity contribution in [2.75, 3.05) is 6.61 Å². The number of aliphatic imine (C=N–C) groups is 1. The summed E-state index contributed by atoms with van der Waals surface area (Å²) in [5.74, 6) is -0.402. The number of ether oxygens (including phenoxy) is 3. The van der Waals surface area contributed by atoms with Crippen LogP contribution in [0, 0.1) is 6.92 Å². The van der Waals surface area contributed by atoms with Crippen molar-refractivity contribution in [2.45, 2.75) is 20.8 Å². The van der Waals surface area contributed by atoms with Crippen molar-refractivity contribution in [1.82, 2.24) is 0 Å². The van der Waals surface area contributed by atoms with E-state index in [0.29, 0.717) is 23.5 Å². The molecule has 0 radical (unpaired) electrons. The molecule has 3 rings (SSSR count). The van der Waals surface area contributed by atoms with Gasteiger partial charge < -0.3 is 14.2 Å². The highest BCUT2D eigenvalue weighted by Gasteiger charge is 2.24. The fourth-order valence-corrected chi connectivity index (χ4v) is 2.82. The molecule has 0 aliphatic carbocycles. The van der Waals surface area contributed by atoms with Crippen LogP contribution in [0.5, 0.6) is 11.5 Å². The number of hydrogen-bond donors (Lipinski definition) is 0. The van der Waals surface area contributed by atoms with Crippen LogP contribution in [-0.2, 0) is 14.3 Å². The Balaban J connectivity index is 1.96. The van der Waals surface area contributed by atoms with Crippen LogP contribution >= 0.6 is 11.6 Å². The summed E-state index contributed by atoms with van der Waals surface area (Å²) in [5, 5.41) is 0.183. The molecular formula is C21H18ClNO5. The Hall–Kier alpha value is -3.12. The van der Waals surface area contributed by atoms with E-state index >= 15 is 0 Å². The monoisotopic (exact) mass is 399 g/mol. The Bertz CT molecular complexity index is 993. The third kappa shape index (κ3) is 4.40. The number of hydrogen-bond acceptors (Lipinski definition) is 6. The van der Waals surface area contributed by atoms with Gasteiger partial charge in [0.15, 0.2) is 17.2 Å². The Morgan fingerprint density at radius 2 is 1.96 bits per heavy atom. The third-order valence-corrected chi connectivity index (χ3v) is 4.08. The number of cyclic esters (lactones) is 1. The minimum Gasteiger partial charge on any atom is -0.490 e. The minimum atomic E-state index is -0.561. The van der Waals surface area contributed by atoms with E-state index in [9.17, 15) is 9.59 Å². The number of aryl methyl sites for hydroxylation is 1. The van der Waals surface area contributed by atoms with Crippen molar-refractivity contribution >= 4 is 35.5 Å². The Labute approximate surface area is 167 Å². The highest BCUT2D eigenvalue weighted by atomic mass is 35.5. The summed E-state index contributed by atoms with van der Waals surface area (Å²) in [6.45, 7) is 5.39. The van der Waals surface area contributed by atoms with Gasteiger partial charge in [0.1, 0.15) is 0 Å². The lowest BCUT2D eigenvalue weighted by molar-refractivity contribution is -0.132. The van der Waals surface area contributed by atoms with Crippen molar-refractivity contribution in [3.8, 4) is 11.5 Å². The number of esters is 2. The van der Waals surface area contributed by atoms with E-state index in [2.05, 4.69) is 4.99 Å². The fourth-order valence-electron chi connectivity index (χ4n) is 2.56. The van der Waals surface area contributed by atoms with Crippen LogP contribution in [0.25, 0.3) is 6.08 Å². The zero-order chi connectivity index (χ0) is 20.3. The van der Waals surface area contributed by atoms with Crippen LogP contribution in [0.2, 0.25) is 5.02 Å². The second-order valence-electron chi connectivity index (χ2n) is 6.06.